The Morgan fingerprint density at radius 3 is 2.75 bits per heavy atom. The molecule has 1 aromatic carbocycles. The number of rotatable bonds is 8. The van der Waals surface area contributed by atoms with Crippen LogP contribution in [0.15, 0.2) is 18.2 Å². The molecule has 0 aliphatic carbocycles. The highest BCUT2D eigenvalue weighted by atomic mass is 16.6. The molecule has 0 unspecified atom stereocenters. The highest BCUT2D eigenvalue weighted by Gasteiger charge is 2.16. The number of ether oxygens (including phenoxy) is 1. The van der Waals surface area contributed by atoms with Crippen molar-refractivity contribution < 1.29 is 14.5 Å². The maximum absolute atomic E-state index is 10.9. The Labute approximate surface area is 117 Å². The van der Waals surface area contributed by atoms with Crippen molar-refractivity contribution in [3.05, 3.63) is 33.9 Å². The molecule has 0 aromatic heterocycles. The molecule has 0 bridgehead atoms. The summed E-state index contributed by atoms with van der Waals surface area (Å²) in [6.07, 6.45) is 0. The average molecular weight is 281 g/mol. The fraction of sp³-hybridized carbons (Fsp3) is 0.462. The van der Waals surface area contributed by atoms with E-state index in [1.54, 1.807) is 12.1 Å². The lowest BCUT2D eigenvalue weighted by atomic mass is 10.1. The molecule has 0 aliphatic heterocycles. The second-order valence-electron chi connectivity index (χ2n) is 4.84. The summed E-state index contributed by atoms with van der Waals surface area (Å²) in [4.78, 5) is 21.0. The molecule has 0 heterocycles. The van der Waals surface area contributed by atoms with Crippen LogP contribution in [0.4, 0.5) is 5.69 Å². The van der Waals surface area contributed by atoms with Crippen molar-refractivity contribution in [1.82, 2.24) is 5.32 Å². The predicted octanol–water partition coefficient (Wildman–Crippen LogP) is 1.20. The predicted molar refractivity (Wildman–Crippen MR) is 74.3 cm³/mol. The number of amides is 1. The maximum Gasteiger partial charge on any atom is 0.310 e. The van der Waals surface area contributed by atoms with Gasteiger partial charge in [-0.1, -0.05) is 19.9 Å². The van der Waals surface area contributed by atoms with Crippen molar-refractivity contribution in [1.29, 1.82) is 0 Å². The molecular weight excluding hydrogens is 262 g/mol. The number of nitro benzene ring substituents is 1. The Morgan fingerprint density at radius 1 is 1.50 bits per heavy atom. The molecule has 0 saturated carbocycles. The minimum Gasteiger partial charge on any atom is -0.477 e. The number of nitrogens with two attached hydrogens (primary N) is 1. The third-order valence-corrected chi connectivity index (χ3v) is 2.47. The molecule has 0 saturated heterocycles. The lowest BCUT2D eigenvalue weighted by molar-refractivity contribution is -0.385. The number of benzene rings is 1. The number of primary amides is 1. The highest BCUT2D eigenvalue weighted by Crippen LogP contribution is 2.27. The SMILES string of the molecule is CC(C)CNCc1ccc([N+](=O)[O-])c(OCC(N)=O)c1. The van der Waals surface area contributed by atoms with Gasteiger partial charge in [-0.25, -0.2) is 0 Å². The number of carbonyl (C=O) groups is 1. The minimum absolute atomic E-state index is 0.0534. The Hall–Kier alpha value is -2.15. The van der Waals surface area contributed by atoms with Gasteiger partial charge in [0.05, 0.1) is 4.92 Å². The van der Waals surface area contributed by atoms with E-state index >= 15 is 0 Å². The molecule has 0 spiro atoms. The van der Waals surface area contributed by atoms with Gasteiger partial charge in [-0.15, -0.1) is 0 Å². The summed E-state index contributed by atoms with van der Waals surface area (Å²) in [6, 6.07) is 4.57. The van der Waals surface area contributed by atoms with Crippen molar-refractivity contribution in [2.75, 3.05) is 13.2 Å². The van der Waals surface area contributed by atoms with Gasteiger partial charge >= 0.3 is 5.69 Å². The Kier molecular flexibility index (Phi) is 5.92. The number of hydrogen-bond acceptors (Lipinski definition) is 5. The van der Waals surface area contributed by atoms with Crippen molar-refractivity contribution in [3.63, 3.8) is 0 Å². The lowest BCUT2D eigenvalue weighted by Crippen LogP contribution is -2.21. The van der Waals surface area contributed by atoms with Gasteiger partial charge in [-0.05, 0) is 24.1 Å². The van der Waals surface area contributed by atoms with Gasteiger partial charge in [0.1, 0.15) is 0 Å². The molecule has 110 valence electrons. The smallest absolute Gasteiger partial charge is 0.310 e. The molecule has 7 nitrogen and oxygen atoms in total. The van der Waals surface area contributed by atoms with Gasteiger partial charge in [0.25, 0.3) is 5.91 Å². The van der Waals surface area contributed by atoms with Crippen LogP contribution >= 0.6 is 0 Å². The Bertz CT molecular complexity index is 489. The van der Waals surface area contributed by atoms with Crippen molar-refractivity contribution in [2.24, 2.45) is 11.7 Å². The summed E-state index contributed by atoms with van der Waals surface area (Å²) in [5.41, 5.74) is 5.63. The molecule has 0 atom stereocenters. The van der Waals surface area contributed by atoms with Gasteiger partial charge in [-0.3, -0.25) is 14.9 Å². The summed E-state index contributed by atoms with van der Waals surface area (Å²) in [7, 11) is 0. The van der Waals surface area contributed by atoms with Crippen molar-refractivity contribution >= 4 is 11.6 Å². The second-order valence-corrected chi connectivity index (χ2v) is 4.84. The zero-order valence-corrected chi connectivity index (χ0v) is 11.6. The first-order valence-corrected chi connectivity index (χ1v) is 6.29. The number of nitro groups is 1. The maximum atomic E-state index is 10.9. The van der Waals surface area contributed by atoms with Crippen molar-refractivity contribution in [2.45, 2.75) is 20.4 Å². The van der Waals surface area contributed by atoms with E-state index in [0.29, 0.717) is 12.5 Å². The van der Waals surface area contributed by atoms with Crippen molar-refractivity contribution in [3.8, 4) is 5.75 Å². The van der Waals surface area contributed by atoms with E-state index < -0.39 is 10.8 Å². The zero-order chi connectivity index (χ0) is 15.1. The van der Waals surface area contributed by atoms with Gasteiger partial charge in [0, 0.05) is 12.6 Å². The van der Waals surface area contributed by atoms with Crippen LogP contribution in [-0.4, -0.2) is 24.0 Å². The molecule has 0 fully saturated rings. The number of hydrogen-bond donors (Lipinski definition) is 2. The first-order chi connectivity index (χ1) is 9.40. The number of nitrogens with one attached hydrogen (secondary N) is 1. The number of carbonyl (C=O) groups excluding carboxylic acids is 1. The first-order valence-electron chi connectivity index (χ1n) is 6.29. The standard InChI is InChI=1S/C13H19N3O4/c1-9(2)6-15-7-10-3-4-11(16(18)19)12(5-10)20-8-13(14)17/h3-5,9,15H,6-8H2,1-2H3,(H2,14,17). The molecule has 7 heteroatoms. The van der Waals surface area contributed by atoms with E-state index in [1.165, 1.54) is 6.07 Å². The van der Waals surface area contributed by atoms with Crippen LogP contribution in [0, 0.1) is 16.0 Å². The molecule has 1 aromatic rings. The largest absolute Gasteiger partial charge is 0.477 e. The Balaban J connectivity index is 2.80. The minimum atomic E-state index is -0.678. The summed E-state index contributed by atoms with van der Waals surface area (Å²) >= 11 is 0. The molecule has 1 rings (SSSR count). The fourth-order valence-corrected chi connectivity index (χ4v) is 1.59. The molecular formula is C13H19N3O4. The van der Waals surface area contributed by atoms with E-state index in [0.717, 1.165) is 12.1 Å². The summed E-state index contributed by atoms with van der Waals surface area (Å²) < 4.78 is 5.08. The molecule has 1 amide bonds. The normalized spacial score (nSPS) is 10.6. The fourth-order valence-electron chi connectivity index (χ4n) is 1.59. The lowest BCUT2D eigenvalue weighted by Gasteiger charge is -2.09. The quantitative estimate of drug-likeness (QED) is 0.550. The van der Waals surface area contributed by atoms with Crippen LogP contribution in [0.25, 0.3) is 0 Å². The van der Waals surface area contributed by atoms with Crippen LogP contribution < -0.4 is 15.8 Å². The zero-order valence-electron chi connectivity index (χ0n) is 11.6. The molecule has 0 radical (unpaired) electrons. The van der Waals surface area contributed by atoms with Crippen LogP contribution in [0.1, 0.15) is 19.4 Å². The summed E-state index contributed by atoms with van der Waals surface area (Å²) in [6.45, 7) is 5.20. The van der Waals surface area contributed by atoms with E-state index in [4.69, 9.17) is 10.5 Å². The van der Waals surface area contributed by atoms with Gasteiger partial charge in [0.15, 0.2) is 12.4 Å². The second kappa shape index (κ2) is 7.44. The van der Waals surface area contributed by atoms with E-state index in [1.807, 2.05) is 0 Å². The highest BCUT2D eigenvalue weighted by molar-refractivity contribution is 5.75. The summed E-state index contributed by atoms with van der Waals surface area (Å²) in [5.74, 6) is -0.112. The van der Waals surface area contributed by atoms with Crippen LogP contribution in [-0.2, 0) is 11.3 Å². The number of nitrogens with zero attached hydrogens (tertiary/aromatic N) is 1. The molecule has 3 N–H and O–H groups in total. The van der Waals surface area contributed by atoms with Gasteiger partial charge in [-0.2, -0.15) is 0 Å². The van der Waals surface area contributed by atoms with E-state index in [-0.39, 0.29) is 18.0 Å². The van der Waals surface area contributed by atoms with Crippen LogP contribution in [0.5, 0.6) is 5.75 Å². The van der Waals surface area contributed by atoms with Crippen LogP contribution in [0.2, 0.25) is 0 Å². The third kappa shape index (κ3) is 5.23. The topological polar surface area (TPSA) is 107 Å². The summed E-state index contributed by atoms with van der Waals surface area (Å²) in [5, 5.41) is 14.1. The van der Waals surface area contributed by atoms with E-state index in [9.17, 15) is 14.9 Å². The monoisotopic (exact) mass is 281 g/mol. The molecule has 20 heavy (non-hydrogen) atoms. The van der Waals surface area contributed by atoms with E-state index in [2.05, 4.69) is 19.2 Å². The first kappa shape index (κ1) is 15.9. The van der Waals surface area contributed by atoms with Gasteiger partial charge < -0.3 is 15.8 Å². The average Bonchev–Trinajstić information content (AvgIpc) is 2.35. The molecule has 0 aliphatic rings. The Morgan fingerprint density at radius 2 is 2.20 bits per heavy atom. The van der Waals surface area contributed by atoms with Crippen LogP contribution in [0.3, 0.4) is 0 Å². The van der Waals surface area contributed by atoms with Gasteiger partial charge in [0.2, 0.25) is 0 Å². The third-order valence-electron chi connectivity index (χ3n) is 2.47.